The molecule has 5 nitrogen and oxygen atoms in total. The SMILES string of the molecule is Cc1ccc(NC(=O)COCC(=O)O)cc1F. The summed E-state index contributed by atoms with van der Waals surface area (Å²) in [6, 6.07) is 4.26. The van der Waals surface area contributed by atoms with Gasteiger partial charge >= 0.3 is 5.97 Å². The first kappa shape index (κ1) is 13.1. The Morgan fingerprint density at radius 2 is 2.12 bits per heavy atom. The fourth-order valence-corrected chi connectivity index (χ4v) is 1.10. The number of carbonyl (C=O) groups excluding carboxylic acids is 1. The molecule has 0 atom stereocenters. The largest absolute Gasteiger partial charge is 0.480 e. The Labute approximate surface area is 97.2 Å². The van der Waals surface area contributed by atoms with Gasteiger partial charge in [-0.05, 0) is 24.6 Å². The predicted octanol–water partition coefficient (Wildman–Crippen LogP) is 1.17. The van der Waals surface area contributed by atoms with Gasteiger partial charge in [0.05, 0.1) is 0 Å². The molecular weight excluding hydrogens is 229 g/mol. The molecule has 6 heteroatoms. The van der Waals surface area contributed by atoms with Crippen molar-refractivity contribution in [3.8, 4) is 0 Å². The Bertz CT molecular complexity index is 433. The third-order valence-electron chi connectivity index (χ3n) is 1.91. The van der Waals surface area contributed by atoms with Gasteiger partial charge in [-0.3, -0.25) is 4.79 Å². The van der Waals surface area contributed by atoms with Crippen LogP contribution in [0.1, 0.15) is 5.56 Å². The maximum Gasteiger partial charge on any atom is 0.329 e. The number of carboxylic acid groups (broad SMARTS) is 1. The summed E-state index contributed by atoms with van der Waals surface area (Å²) in [6.45, 7) is 0.675. The van der Waals surface area contributed by atoms with E-state index >= 15 is 0 Å². The van der Waals surface area contributed by atoms with E-state index in [1.807, 2.05) is 0 Å². The molecule has 0 heterocycles. The van der Waals surface area contributed by atoms with Crippen molar-refractivity contribution < 1.29 is 23.8 Å². The normalized spacial score (nSPS) is 10.0. The number of ether oxygens (including phenoxy) is 1. The Morgan fingerprint density at radius 1 is 1.41 bits per heavy atom. The van der Waals surface area contributed by atoms with Gasteiger partial charge in [0.1, 0.15) is 19.0 Å². The minimum atomic E-state index is -1.15. The summed E-state index contributed by atoms with van der Waals surface area (Å²) in [5.41, 5.74) is 0.780. The van der Waals surface area contributed by atoms with Crippen LogP contribution in [0.25, 0.3) is 0 Å². The van der Waals surface area contributed by atoms with Gasteiger partial charge in [0, 0.05) is 5.69 Å². The monoisotopic (exact) mass is 241 g/mol. The molecular formula is C11H12FNO4. The van der Waals surface area contributed by atoms with Crippen molar-refractivity contribution in [3.63, 3.8) is 0 Å². The van der Waals surface area contributed by atoms with Crippen LogP contribution in [0.2, 0.25) is 0 Å². The van der Waals surface area contributed by atoms with E-state index in [-0.39, 0.29) is 6.61 Å². The van der Waals surface area contributed by atoms with Gasteiger partial charge < -0.3 is 15.2 Å². The summed E-state index contributed by atoms with van der Waals surface area (Å²) in [5, 5.41) is 10.7. The lowest BCUT2D eigenvalue weighted by atomic mass is 10.2. The first-order valence-corrected chi connectivity index (χ1v) is 4.84. The third-order valence-corrected chi connectivity index (χ3v) is 1.91. The number of anilines is 1. The lowest BCUT2D eigenvalue weighted by molar-refractivity contribution is -0.143. The van der Waals surface area contributed by atoms with Gasteiger partial charge in [-0.1, -0.05) is 6.07 Å². The second-order valence-electron chi connectivity index (χ2n) is 3.40. The Kier molecular flexibility index (Phi) is 4.59. The molecule has 2 N–H and O–H groups in total. The van der Waals surface area contributed by atoms with Crippen LogP contribution in [0.3, 0.4) is 0 Å². The molecule has 1 amide bonds. The second-order valence-corrected chi connectivity index (χ2v) is 3.40. The molecule has 92 valence electrons. The highest BCUT2D eigenvalue weighted by Gasteiger charge is 2.06. The molecule has 0 unspecified atom stereocenters. The smallest absolute Gasteiger partial charge is 0.329 e. The van der Waals surface area contributed by atoms with E-state index in [1.54, 1.807) is 13.0 Å². The quantitative estimate of drug-likeness (QED) is 0.811. The van der Waals surface area contributed by atoms with E-state index in [1.165, 1.54) is 12.1 Å². The number of aryl methyl sites for hydroxylation is 1. The van der Waals surface area contributed by atoms with E-state index < -0.39 is 24.3 Å². The molecule has 0 fully saturated rings. The molecule has 1 aromatic rings. The van der Waals surface area contributed by atoms with Gasteiger partial charge in [-0.2, -0.15) is 0 Å². The van der Waals surface area contributed by atoms with Crippen molar-refractivity contribution in [3.05, 3.63) is 29.6 Å². The van der Waals surface area contributed by atoms with Gasteiger partial charge in [-0.15, -0.1) is 0 Å². The first-order chi connectivity index (χ1) is 7.99. The summed E-state index contributed by atoms with van der Waals surface area (Å²) in [6.07, 6.45) is 0. The number of carbonyl (C=O) groups is 2. The standard InChI is InChI=1S/C11H12FNO4/c1-7-2-3-8(4-9(7)12)13-10(14)5-17-6-11(15)16/h2-4H,5-6H2,1H3,(H,13,14)(H,15,16). The summed E-state index contributed by atoms with van der Waals surface area (Å²) in [4.78, 5) is 21.4. The topological polar surface area (TPSA) is 75.6 Å². The number of nitrogens with one attached hydrogen (secondary N) is 1. The Morgan fingerprint density at radius 3 is 2.71 bits per heavy atom. The molecule has 0 radical (unpaired) electrons. The summed E-state index contributed by atoms with van der Waals surface area (Å²) >= 11 is 0. The molecule has 0 spiro atoms. The van der Waals surface area contributed by atoms with Crippen LogP contribution >= 0.6 is 0 Å². The average Bonchev–Trinajstić information content (AvgIpc) is 2.23. The highest BCUT2D eigenvalue weighted by Crippen LogP contribution is 2.13. The van der Waals surface area contributed by atoms with E-state index in [2.05, 4.69) is 10.1 Å². The predicted molar refractivity (Wildman–Crippen MR) is 58.2 cm³/mol. The molecule has 0 saturated carbocycles. The van der Waals surface area contributed by atoms with Crippen LogP contribution in [0.4, 0.5) is 10.1 Å². The van der Waals surface area contributed by atoms with Crippen molar-refractivity contribution in [1.29, 1.82) is 0 Å². The van der Waals surface area contributed by atoms with Crippen molar-refractivity contribution in [2.24, 2.45) is 0 Å². The number of halogens is 1. The summed E-state index contributed by atoms with van der Waals surface area (Å²) in [7, 11) is 0. The molecule has 0 saturated heterocycles. The molecule has 1 rings (SSSR count). The maximum atomic E-state index is 13.1. The number of amides is 1. The highest BCUT2D eigenvalue weighted by molar-refractivity contribution is 5.91. The molecule has 0 aliphatic rings. The van der Waals surface area contributed by atoms with Crippen LogP contribution in [0, 0.1) is 12.7 Å². The van der Waals surface area contributed by atoms with Crippen molar-refractivity contribution in [2.45, 2.75) is 6.92 Å². The number of hydrogen-bond donors (Lipinski definition) is 2. The van der Waals surface area contributed by atoms with Crippen molar-refractivity contribution in [1.82, 2.24) is 0 Å². The molecule has 0 aliphatic carbocycles. The summed E-state index contributed by atoms with van der Waals surface area (Å²) in [5.74, 6) is -2.11. The average molecular weight is 241 g/mol. The molecule has 0 aromatic heterocycles. The minimum absolute atomic E-state index is 0.303. The second kappa shape index (κ2) is 5.95. The van der Waals surface area contributed by atoms with Crippen molar-refractivity contribution >= 4 is 17.6 Å². The minimum Gasteiger partial charge on any atom is -0.480 e. The lowest BCUT2D eigenvalue weighted by Crippen LogP contribution is -2.20. The number of carboxylic acids is 1. The molecule has 17 heavy (non-hydrogen) atoms. The van der Waals surface area contributed by atoms with Crippen LogP contribution in [-0.2, 0) is 14.3 Å². The Hall–Kier alpha value is -1.95. The maximum absolute atomic E-state index is 13.1. The molecule has 1 aromatic carbocycles. The third kappa shape index (κ3) is 4.60. The number of aliphatic carboxylic acids is 1. The Balaban J connectivity index is 2.45. The lowest BCUT2D eigenvalue weighted by Gasteiger charge is -2.06. The number of rotatable bonds is 5. The fourth-order valence-electron chi connectivity index (χ4n) is 1.10. The van der Waals surface area contributed by atoms with E-state index in [4.69, 9.17) is 5.11 Å². The van der Waals surface area contributed by atoms with Gasteiger partial charge in [0.2, 0.25) is 5.91 Å². The molecule has 0 bridgehead atoms. The van der Waals surface area contributed by atoms with E-state index in [0.29, 0.717) is 11.3 Å². The van der Waals surface area contributed by atoms with Crippen LogP contribution in [-0.4, -0.2) is 30.2 Å². The summed E-state index contributed by atoms with van der Waals surface area (Å²) < 4.78 is 17.7. The number of benzene rings is 1. The zero-order valence-electron chi connectivity index (χ0n) is 9.20. The fraction of sp³-hybridized carbons (Fsp3) is 0.273. The van der Waals surface area contributed by atoms with Crippen LogP contribution in [0.15, 0.2) is 18.2 Å². The van der Waals surface area contributed by atoms with E-state index in [9.17, 15) is 14.0 Å². The zero-order chi connectivity index (χ0) is 12.8. The van der Waals surface area contributed by atoms with E-state index in [0.717, 1.165) is 0 Å². The number of hydrogen-bond acceptors (Lipinski definition) is 3. The van der Waals surface area contributed by atoms with Gasteiger partial charge in [0.15, 0.2) is 0 Å². The van der Waals surface area contributed by atoms with Crippen LogP contribution in [0.5, 0.6) is 0 Å². The highest BCUT2D eigenvalue weighted by atomic mass is 19.1. The zero-order valence-corrected chi connectivity index (χ0v) is 9.20. The van der Waals surface area contributed by atoms with Gasteiger partial charge in [0.25, 0.3) is 0 Å². The van der Waals surface area contributed by atoms with Crippen molar-refractivity contribution in [2.75, 3.05) is 18.5 Å². The first-order valence-electron chi connectivity index (χ1n) is 4.84. The molecule has 0 aliphatic heterocycles. The van der Waals surface area contributed by atoms with Crippen LogP contribution < -0.4 is 5.32 Å². The van der Waals surface area contributed by atoms with Gasteiger partial charge in [-0.25, -0.2) is 9.18 Å².